The Labute approximate surface area is 110 Å². The molecule has 0 N–H and O–H groups in total. The second-order valence-electron chi connectivity index (χ2n) is 3.41. The Morgan fingerprint density at radius 2 is 2.18 bits per heavy atom. The molecule has 0 atom stereocenters. The average molecular weight is 266 g/mol. The van der Waals surface area contributed by atoms with Gasteiger partial charge in [0.15, 0.2) is 0 Å². The van der Waals surface area contributed by atoms with Crippen molar-refractivity contribution in [2.45, 2.75) is 10.8 Å². The maximum Gasteiger partial charge on any atom is 0.123 e. The summed E-state index contributed by atoms with van der Waals surface area (Å²) >= 11 is 7.64. The van der Waals surface area contributed by atoms with E-state index >= 15 is 0 Å². The van der Waals surface area contributed by atoms with Crippen LogP contribution in [0, 0.1) is 0 Å². The second kappa shape index (κ2) is 5.94. The summed E-state index contributed by atoms with van der Waals surface area (Å²) in [5.74, 6) is 1.65. The molecule has 0 amide bonds. The van der Waals surface area contributed by atoms with Crippen molar-refractivity contribution < 1.29 is 4.74 Å². The van der Waals surface area contributed by atoms with Gasteiger partial charge in [-0.3, -0.25) is 0 Å². The van der Waals surface area contributed by atoms with E-state index in [0.29, 0.717) is 0 Å². The number of rotatable bonds is 4. The van der Waals surface area contributed by atoms with Crippen molar-refractivity contribution >= 4 is 23.4 Å². The first kappa shape index (κ1) is 12.3. The molecule has 2 aromatic rings. The van der Waals surface area contributed by atoms with Gasteiger partial charge in [-0.25, -0.2) is 4.98 Å². The van der Waals surface area contributed by atoms with E-state index in [2.05, 4.69) is 4.98 Å². The summed E-state index contributed by atoms with van der Waals surface area (Å²) in [5, 5.41) is 1.72. The van der Waals surface area contributed by atoms with Crippen LogP contribution in [0.5, 0.6) is 5.75 Å². The molecule has 0 fully saturated rings. The molecule has 2 nitrogen and oxygen atoms in total. The van der Waals surface area contributed by atoms with E-state index in [1.165, 1.54) is 0 Å². The van der Waals surface area contributed by atoms with Gasteiger partial charge < -0.3 is 4.74 Å². The molecule has 1 aromatic heterocycles. The third kappa shape index (κ3) is 3.38. The van der Waals surface area contributed by atoms with Gasteiger partial charge in [-0.15, -0.1) is 11.8 Å². The molecule has 0 radical (unpaired) electrons. The smallest absolute Gasteiger partial charge is 0.123 e. The minimum absolute atomic E-state index is 0.724. The lowest BCUT2D eigenvalue weighted by Gasteiger charge is -2.08. The van der Waals surface area contributed by atoms with Crippen LogP contribution in [0.1, 0.15) is 5.56 Å². The zero-order chi connectivity index (χ0) is 12.1. The van der Waals surface area contributed by atoms with Crippen molar-refractivity contribution in [3.8, 4) is 5.75 Å². The summed E-state index contributed by atoms with van der Waals surface area (Å²) in [5.41, 5.74) is 1.08. The first-order valence-electron chi connectivity index (χ1n) is 5.16. The highest BCUT2D eigenvalue weighted by Crippen LogP contribution is 2.28. The van der Waals surface area contributed by atoms with Crippen molar-refractivity contribution in [2.24, 2.45) is 0 Å². The summed E-state index contributed by atoms with van der Waals surface area (Å²) in [6, 6.07) is 11.5. The predicted octanol–water partition coefficient (Wildman–Crippen LogP) is 4.04. The molecular weight excluding hydrogens is 254 g/mol. The largest absolute Gasteiger partial charge is 0.496 e. The molecule has 0 unspecified atom stereocenters. The Balaban J connectivity index is 2.11. The van der Waals surface area contributed by atoms with Crippen molar-refractivity contribution in [1.29, 1.82) is 0 Å². The molecule has 0 bridgehead atoms. The van der Waals surface area contributed by atoms with E-state index in [-0.39, 0.29) is 0 Å². The zero-order valence-electron chi connectivity index (χ0n) is 9.39. The first-order chi connectivity index (χ1) is 8.29. The summed E-state index contributed by atoms with van der Waals surface area (Å²) in [4.78, 5) is 4.26. The molecule has 0 aliphatic heterocycles. The van der Waals surface area contributed by atoms with Gasteiger partial charge in [0.25, 0.3) is 0 Å². The molecule has 0 saturated carbocycles. The predicted molar refractivity (Wildman–Crippen MR) is 71.8 cm³/mol. The van der Waals surface area contributed by atoms with Gasteiger partial charge in [0, 0.05) is 22.5 Å². The van der Waals surface area contributed by atoms with Crippen LogP contribution in [0.4, 0.5) is 0 Å². The molecule has 0 aliphatic carbocycles. The molecule has 1 aromatic carbocycles. The van der Waals surface area contributed by atoms with Gasteiger partial charge in [-0.1, -0.05) is 17.7 Å². The molecule has 4 heteroatoms. The van der Waals surface area contributed by atoms with Crippen LogP contribution in [0.2, 0.25) is 5.02 Å². The number of hydrogen-bond donors (Lipinski definition) is 0. The first-order valence-corrected chi connectivity index (χ1v) is 6.52. The van der Waals surface area contributed by atoms with Crippen LogP contribution >= 0.6 is 23.4 Å². The highest BCUT2D eigenvalue weighted by molar-refractivity contribution is 7.98. The molecule has 0 spiro atoms. The lowest BCUT2D eigenvalue weighted by Crippen LogP contribution is -1.90. The lowest BCUT2D eigenvalue weighted by molar-refractivity contribution is 0.411. The topological polar surface area (TPSA) is 22.1 Å². The highest BCUT2D eigenvalue weighted by Gasteiger charge is 2.05. The highest BCUT2D eigenvalue weighted by atomic mass is 35.5. The van der Waals surface area contributed by atoms with Crippen molar-refractivity contribution in [3.63, 3.8) is 0 Å². The molecule has 1 heterocycles. The maximum atomic E-state index is 5.98. The third-order valence-corrected chi connectivity index (χ3v) is 3.48. The fraction of sp³-hybridized carbons (Fsp3) is 0.154. The van der Waals surface area contributed by atoms with Gasteiger partial charge in [0.1, 0.15) is 5.75 Å². The number of thioether (sulfide) groups is 1. The number of hydrogen-bond acceptors (Lipinski definition) is 3. The summed E-state index contributed by atoms with van der Waals surface area (Å²) in [6.07, 6.45) is 1.79. The number of benzene rings is 1. The minimum atomic E-state index is 0.724. The Morgan fingerprint density at radius 3 is 2.88 bits per heavy atom. The van der Waals surface area contributed by atoms with E-state index in [1.54, 1.807) is 25.1 Å². The number of nitrogens with zero attached hydrogens (tertiary/aromatic N) is 1. The van der Waals surface area contributed by atoms with Crippen molar-refractivity contribution in [2.75, 3.05) is 7.11 Å². The van der Waals surface area contributed by atoms with Crippen molar-refractivity contribution in [1.82, 2.24) is 4.98 Å². The number of halogens is 1. The standard InChI is InChI=1S/C13H12ClNOS/c1-16-12-6-5-11(14)8-10(12)9-17-13-4-2-3-7-15-13/h2-8H,9H2,1H3. The molecule has 88 valence electrons. The van der Waals surface area contributed by atoms with E-state index in [0.717, 1.165) is 27.1 Å². The van der Waals surface area contributed by atoms with Crippen LogP contribution in [0.25, 0.3) is 0 Å². The summed E-state index contributed by atoms with van der Waals surface area (Å²) < 4.78 is 5.30. The SMILES string of the molecule is COc1ccc(Cl)cc1CSc1ccccn1. The number of methoxy groups -OCH3 is 1. The Morgan fingerprint density at radius 1 is 1.29 bits per heavy atom. The number of ether oxygens (including phenoxy) is 1. The van der Waals surface area contributed by atoms with Crippen LogP contribution in [0.15, 0.2) is 47.6 Å². The fourth-order valence-corrected chi connectivity index (χ4v) is 2.48. The van der Waals surface area contributed by atoms with Gasteiger partial charge in [-0.2, -0.15) is 0 Å². The van der Waals surface area contributed by atoms with E-state index in [4.69, 9.17) is 16.3 Å². The lowest BCUT2D eigenvalue weighted by atomic mass is 10.2. The van der Waals surface area contributed by atoms with Crippen LogP contribution in [-0.4, -0.2) is 12.1 Å². The van der Waals surface area contributed by atoms with Crippen molar-refractivity contribution in [3.05, 3.63) is 53.2 Å². The molecule has 0 saturated heterocycles. The Hall–Kier alpha value is -1.19. The Kier molecular flexibility index (Phi) is 4.29. The number of aromatic nitrogens is 1. The average Bonchev–Trinajstić information content (AvgIpc) is 2.38. The van der Waals surface area contributed by atoms with E-state index in [9.17, 15) is 0 Å². The van der Waals surface area contributed by atoms with Crippen LogP contribution < -0.4 is 4.74 Å². The quantitative estimate of drug-likeness (QED) is 0.779. The number of pyridine rings is 1. The van der Waals surface area contributed by atoms with Gasteiger partial charge in [0.2, 0.25) is 0 Å². The van der Waals surface area contributed by atoms with Gasteiger partial charge >= 0.3 is 0 Å². The van der Waals surface area contributed by atoms with Gasteiger partial charge in [0.05, 0.1) is 12.1 Å². The van der Waals surface area contributed by atoms with Gasteiger partial charge in [-0.05, 0) is 30.3 Å². The zero-order valence-corrected chi connectivity index (χ0v) is 11.0. The third-order valence-electron chi connectivity index (χ3n) is 2.26. The summed E-state index contributed by atoms with van der Waals surface area (Å²) in [7, 11) is 1.66. The van der Waals surface area contributed by atoms with E-state index in [1.807, 2.05) is 36.4 Å². The second-order valence-corrected chi connectivity index (χ2v) is 4.84. The van der Waals surface area contributed by atoms with E-state index < -0.39 is 0 Å². The minimum Gasteiger partial charge on any atom is -0.496 e. The summed E-state index contributed by atoms with van der Waals surface area (Å²) in [6.45, 7) is 0. The van der Waals surface area contributed by atoms with Crippen LogP contribution in [0.3, 0.4) is 0 Å². The molecule has 17 heavy (non-hydrogen) atoms. The maximum absolute atomic E-state index is 5.98. The Bertz CT molecular complexity index is 490. The fourth-order valence-electron chi connectivity index (χ4n) is 1.44. The monoisotopic (exact) mass is 265 g/mol. The normalized spacial score (nSPS) is 10.2. The molecule has 0 aliphatic rings. The van der Waals surface area contributed by atoms with Crippen LogP contribution in [-0.2, 0) is 5.75 Å². The molecule has 2 rings (SSSR count). The molecular formula is C13H12ClNOS.